The Morgan fingerprint density at radius 3 is 2.81 bits per heavy atom. The molecule has 0 radical (unpaired) electrons. The zero-order valence-electron chi connectivity index (χ0n) is 15.1. The number of anilines is 1. The van der Waals surface area contributed by atoms with Gasteiger partial charge in [-0.05, 0) is 39.1 Å². The molecule has 0 amide bonds. The highest BCUT2D eigenvalue weighted by atomic mass is 19.4. The van der Waals surface area contributed by atoms with Crippen LogP contribution in [-0.2, 0) is 12.7 Å². The number of hydrogen-bond donors (Lipinski definition) is 0. The zero-order valence-corrected chi connectivity index (χ0v) is 15.1. The van der Waals surface area contributed by atoms with E-state index in [9.17, 15) is 13.2 Å². The van der Waals surface area contributed by atoms with Gasteiger partial charge >= 0.3 is 6.18 Å². The number of likely N-dealkylation sites (N-methyl/N-ethyl adjacent to an activating group) is 1. The summed E-state index contributed by atoms with van der Waals surface area (Å²) in [5.41, 5.74) is -0.843. The third-order valence-corrected chi connectivity index (χ3v) is 4.67. The molecule has 0 aromatic carbocycles. The van der Waals surface area contributed by atoms with Crippen LogP contribution >= 0.6 is 0 Å². The Morgan fingerprint density at radius 1 is 1.27 bits per heavy atom. The first-order chi connectivity index (χ1) is 12.3. The van der Waals surface area contributed by atoms with Crippen molar-refractivity contribution in [3.05, 3.63) is 42.1 Å². The molecule has 2 aromatic rings. The largest absolute Gasteiger partial charge is 0.433 e. The van der Waals surface area contributed by atoms with Crippen LogP contribution in [0.5, 0.6) is 0 Å². The molecule has 1 aliphatic rings. The molecule has 0 saturated carbocycles. The lowest BCUT2D eigenvalue weighted by molar-refractivity contribution is -0.141. The zero-order chi connectivity index (χ0) is 18.7. The van der Waals surface area contributed by atoms with Gasteiger partial charge in [-0.2, -0.15) is 13.2 Å². The Hall–Kier alpha value is -2.09. The smallest absolute Gasteiger partial charge is 0.356 e. The molecule has 2 aromatic heterocycles. The second-order valence-corrected chi connectivity index (χ2v) is 6.95. The molecule has 0 N–H and O–H groups in total. The first kappa shape index (κ1) is 18.7. The van der Waals surface area contributed by atoms with Crippen molar-refractivity contribution in [2.24, 2.45) is 0 Å². The quantitative estimate of drug-likeness (QED) is 0.813. The van der Waals surface area contributed by atoms with Crippen molar-refractivity contribution in [3.8, 4) is 0 Å². The molecule has 1 saturated heterocycles. The molecule has 1 fully saturated rings. The van der Waals surface area contributed by atoms with E-state index in [2.05, 4.69) is 19.4 Å². The van der Waals surface area contributed by atoms with Crippen LogP contribution in [0.4, 0.5) is 19.0 Å². The summed E-state index contributed by atoms with van der Waals surface area (Å²) in [6.07, 6.45) is 1.23. The summed E-state index contributed by atoms with van der Waals surface area (Å²) in [5.74, 6) is 1.58. The van der Waals surface area contributed by atoms with E-state index in [4.69, 9.17) is 0 Å². The third-order valence-electron chi connectivity index (χ3n) is 4.67. The number of pyridine rings is 1. The highest BCUT2D eigenvalue weighted by molar-refractivity contribution is 5.41. The molecule has 0 spiro atoms. The molecular formula is C18H24F3N5. The van der Waals surface area contributed by atoms with Crippen molar-refractivity contribution < 1.29 is 13.2 Å². The number of alkyl halides is 3. The van der Waals surface area contributed by atoms with Crippen LogP contribution in [-0.4, -0.2) is 53.2 Å². The van der Waals surface area contributed by atoms with Crippen molar-refractivity contribution in [2.75, 3.05) is 38.6 Å². The molecule has 142 valence electrons. The number of rotatable bonds is 5. The maximum atomic E-state index is 12.9. The summed E-state index contributed by atoms with van der Waals surface area (Å²) >= 11 is 0. The maximum absolute atomic E-state index is 12.9. The van der Waals surface area contributed by atoms with E-state index in [0.717, 1.165) is 37.8 Å². The lowest BCUT2D eigenvalue weighted by atomic mass is 9.97. The summed E-state index contributed by atoms with van der Waals surface area (Å²) < 4.78 is 41.0. The van der Waals surface area contributed by atoms with Gasteiger partial charge in [-0.1, -0.05) is 6.07 Å². The topological polar surface area (TPSA) is 37.2 Å². The summed E-state index contributed by atoms with van der Waals surface area (Å²) in [6.45, 7) is 3.10. The van der Waals surface area contributed by atoms with E-state index in [1.807, 2.05) is 25.2 Å². The minimum Gasteiger partial charge on any atom is -0.356 e. The normalized spacial score (nSPS) is 18.5. The molecule has 0 bridgehead atoms. The molecule has 0 aliphatic carbocycles. The maximum Gasteiger partial charge on any atom is 0.433 e. The van der Waals surface area contributed by atoms with Crippen LogP contribution in [0.3, 0.4) is 0 Å². The van der Waals surface area contributed by atoms with Crippen LogP contribution in [0.1, 0.15) is 30.3 Å². The Morgan fingerprint density at radius 2 is 2.08 bits per heavy atom. The average Bonchev–Trinajstić information content (AvgIpc) is 3.08. The second kappa shape index (κ2) is 7.65. The number of piperidine rings is 1. The molecule has 3 heterocycles. The standard InChI is InChI=1S/C18H24F3N5/c1-24(2)11-12-25-10-8-22-17(25)14-5-4-9-26(13-14)16-7-3-6-15(23-16)18(19,20)21/h3,6-8,10,14H,4-5,9,11-13H2,1-2H3/t14-/m1/s1. The van der Waals surface area contributed by atoms with Gasteiger partial charge < -0.3 is 14.4 Å². The van der Waals surface area contributed by atoms with E-state index in [1.165, 1.54) is 6.07 Å². The number of hydrogen-bond acceptors (Lipinski definition) is 4. The van der Waals surface area contributed by atoms with Gasteiger partial charge in [0.25, 0.3) is 0 Å². The van der Waals surface area contributed by atoms with E-state index in [0.29, 0.717) is 18.9 Å². The fourth-order valence-corrected chi connectivity index (χ4v) is 3.33. The highest BCUT2D eigenvalue weighted by Gasteiger charge is 2.33. The van der Waals surface area contributed by atoms with Gasteiger partial charge in [0, 0.05) is 44.5 Å². The lowest BCUT2D eigenvalue weighted by Gasteiger charge is -2.33. The van der Waals surface area contributed by atoms with Gasteiger partial charge in [-0.15, -0.1) is 0 Å². The van der Waals surface area contributed by atoms with Crippen molar-refractivity contribution in [1.82, 2.24) is 19.4 Å². The van der Waals surface area contributed by atoms with E-state index >= 15 is 0 Å². The molecule has 5 nitrogen and oxygen atoms in total. The van der Waals surface area contributed by atoms with E-state index in [1.54, 1.807) is 12.3 Å². The average molecular weight is 367 g/mol. The lowest BCUT2D eigenvalue weighted by Crippen LogP contribution is -2.36. The van der Waals surface area contributed by atoms with Crippen molar-refractivity contribution in [3.63, 3.8) is 0 Å². The first-order valence-electron chi connectivity index (χ1n) is 8.79. The van der Waals surface area contributed by atoms with Crippen LogP contribution < -0.4 is 4.90 Å². The Labute approximate surface area is 151 Å². The van der Waals surface area contributed by atoms with Crippen LogP contribution in [0, 0.1) is 0 Å². The molecule has 3 rings (SSSR count). The van der Waals surface area contributed by atoms with Crippen molar-refractivity contribution >= 4 is 5.82 Å². The SMILES string of the molecule is CN(C)CCn1ccnc1[C@@H]1CCCN(c2cccc(C(F)(F)F)n2)C1. The molecule has 8 heteroatoms. The van der Waals surface area contributed by atoms with Gasteiger partial charge in [0.1, 0.15) is 17.3 Å². The summed E-state index contributed by atoms with van der Waals surface area (Å²) in [4.78, 5) is 12.4. The minimum absolute atomic E-state index is 0.192. The molecule has 0 unspecified atom stereocenters. The molecule has 26 heavy (non-hydrogen) atoms. The Bertz CT molecular complexity index is 726. The van der Waals surface area contributed by atoms with Crippen LogP contribution in [0.15, 0.2) is 30.6 Å². The molecular weight excluding hydrogens is 343 g/mol. The van der Waals surface area contributed by atoms with Gasteiger partial charge in [0.05, 0.1) is 0 Å². The van der Waals surface area contributed by atoms with Gasteiger partial charge in [0.15, 0.2) is 0 Å². The monoisotopic (exact) mass is 367 g/mol. The summed E-state index contributed by atoms with van der Waals surface area (Å²) in [5, 5.41) is 0. The number of imidazole rings is 1. The highest BCUT2D eigenvalue weighted by Crippen LogP contribution is 2.32. The molecule has 1 aliphatic heterocycles. The fraction of sp³-hybridized carbons (Fsp3) is 0.556. The fourth-order valence-electron chi connectivity index (χ4n) is 3.33. The summed E-state index contributed by atoms with van der Waals surface area (Å²) in [6, 6.07) is 4.09. The van der Waals surface area contributed by atoms with E-state index in [-0.39, 0.29) is 5.92 Å². The Balaban J connectivity index is 1.75. The number of nitrogens with zero attached hydrogens (tertiary/aromatic N) is 5. The van der Waals surface area contributed by atoms with Crippen molar-refractivity contribution in [2.45, 2.75) is 31.5 Å². The summed E-state index contributed by atoms with van der Waals surface area (Å²) in [7, 11) is 4.05. The second-order valence-electron chi connectivity index (χ2n) is 6.95. The Kier molecular flexibility index (Phi) is 5.50. The first-order valence-corrected chi connectivity index (χ1v) is 8.79. The van der Waals surface area contributed by atoms with Crippen molar-refractivity contribution in [1.29, 1.82) is 0 Å². The number of halogens is 3. The minimum atomic E-state index is -4.42. The van der Waals surface area contributed by atoms with E-state index < -0.39 is 11.9 Å². The van der Waals surface area contributed by atoms with Crippen LogP contribution in [0.2, 0.25) is 0 Å². The molecule has 1 atom stereocenters. The van der Waals surface area contributed by atoms with Gasteiger partial charge in [-0.3, -0.25) is 0 Å². The predicted octanol–water partition coefficient (Wildman–Crippen LogP) is 3.24. The predicted molar refractivity (Wildman–Crippen MR) is 94.2 cm³/mol. The number of aromatic nitrogens is 3. The van der Waals surface area contributed by atoms with Gasteiger partial charge in [-0.25, -0.2) is 9.97 Å². The third kappa shape index (κ3) is 4.35. The van der Waals surface area contributed by atoms with Crippen LogP contribution in [0.25, 0.3) is 0 Å². The van der Waals surface area contributed by atoms with Gasteiger partial charge in [0.2, 0.25) is 0 Å².